The molecule has 3 aromatic rings. The fourth-order valence-corrected chi connectivity index (χ4v) is 6.35. The van der Waals surface area contributed by atoms with Crippen molar-refractivity contribution < 1.29 is 22.8 Å². The number of fused-ring (bicyclic) bond motifs is 1. The van der Waals surface area contributed by atoms with Crippen LogP contribution in [0.5, 0.6) is 0 Å². The highest BCUT2D eigenvalue weighted by Crippen LogP contribution is 2.30. The van der Waals surface area contributed by atoms with Gasteiger partial charge in [0.15, 0.2) is 0 Å². The summed E-state index contributed by atoms with van der Waals surface area (Å²) in [6, 6.07) is 21.8. The lowest BCUT2D eigenvalue weighted by Gasteiger charge is -2.32. The molecule has 1 N–H and O–H groups in total. The standard InChI is InChI=1S/C29H30BrN3O5S/c1-20(2)31-28(35)25(18-21-8-4-3-5-9-21)32(19-22-12-14-23(30)15-13-22)27(34)16-17-33-29(36)24-10-6-7-11-26(24)39(33,37)38/h3-15,20,25H,16-19H2,1-2H3,(H,31,35)/t25-/m0/s1. The van der Waals surface area contributed by atoms with E-state index in [0.29, 0.717) is 0 Å². The summed E-state index contributed by atoms with van der Waals surface area (Å²) in [7, 11) is -4.05. The second kappa shape index (κ2) is 12.1. The summed E-state index contributed by atoms with van der Waals surface area (Å²) in [5, 5.41) is 2.92. The number of nitrogens with one attached hydrogen (secondary N) is 1. The summed E-state index contributed by atoms with van der Waals surface area (Å²) in [5.41, 5.74) is 1.77. The Morgan fingerprint density at radius 1 is 0.923 bits per heavy atom. The minimum absolute atomic E-state index is 0.0626. The van der Waals surface area contributed by atoms with E-state index in [9.17, 15) is 22.8 Å². The third-order valence-electron chi connectivity index (χ3n) is 6.41. The average molecular weight is 613 g/mol. The van der Waals surface area contributed by atoms with Crippen LogP contribution in [0.4, 0.5) is 0 Å². The van der Waals surface area contributed by atoms with Crippen LogP contribution in [0.2, 0.25) is 0 Å². The molecule has 0 aliphatic carbocycles. The van der Waals surface area contributed by atoms with Crippen molar-refractivity contribution in [1.29, 1.82) is 0 Å². The highest BCUT2D eigenvalue weighted by molar-refractivity contribution is 9.10. The number of nitrogens with zero attached hydrogens (tertiary/aromatic N) is 2. The molecule has 0 unspecified atom stereocenters. The zero-order valence-electron chi connectivity index (χ0n) is 21.7. The molecule has 1 aliphatic rings. The minimum Gasteiger partial charge on any atom is -0.352 e. The Morgan fingerprint density at radius 2 is 1.56 bits per heavy atom. The van der Waals surface area contributed by atoms with Gasteiger partial charge in [0.1, 0.15) is 10.9 Å². The smallest absolute Gasteiger partial charge is 0.269 e. The summed E-state index contributed by atoms with van der Waals surface area (Å²) >= 11 is 3.42. The van der Waals surface area contributed by atoms with Crippen molar-refractivity contribution in [3.8, 4) is 0 Å². The van der Waals surface area contributed by atoms with Crippen molar-refractivity contribution in [3.05, 3.63) is 100 Å². The third kappa shape index (κ3) is 6.57. The van der Waals surface area contributed by atoms with Gasteiger partial charge in [0.2, 0.25) is 11.8 Å². The van der Waals surface area contributed by atoms with E-state index in [0.717, 1.165) is 19.9 Å². The van der Waals surface area contributed by atoms with Gasteiger partial charge in [0, 0.05) is 36.4 Å². The summed E-state index contributed by atoms with van der Waals surface area (Å²) in [6.07, 6.45) is 0.00375. The lowest BCUT2D eigenvalue weighted by molar-refractivity contribution is -0.141. The van der Waals surface area contributed by atoms with Gasteiger partial charge in [-0.1, -0.05) is 70.5 Å². The maximum atomic E-state index is 13.8. The van der Waals surface area contributed by atoms with E-state index in [1.165, 1.54) is 17.0 Å². The summed E-state index contributed by atoms with van der Waals surface area (Å²) in [6.45, 7) is 3.51. The molecule has 1 aliphatic heterocycles. The van der Waals surface area contributed by atoms with E-state index >= 15 is 0 Å². The maximum Gasteiger partial charge on any atom is 0.269 e. The van der Waals surface area contributed by atoms with Crippen molar-refractivity contribution in [2.75, 3.05) is 6.54 Å². The average Bonchev–Trinajstić information content (AvgIpc) is 3.10. The first-order valence-corrected chi connectivity index (χ1v) is 14.9. The molecule has 0 aromatic heterocycles. The maximum absolute atomic E-state index is 13.8. The van der Waals surface area contributed by atoms with Crippen molar-refractivity contribution >= 4 is 43.7 Å². The van der Waals surface area contributed by atoms with Crippen LogP contribution >= 0.6 is 15.9 Å². The minimum atomic E-state index is -4.05. The van der Waals surface area contributed by atoms with E-state index in [2.05, 4.69) is 21.2 Å². The molecule has 8 nitrogen and oxygen atoms in total. The molecule has 3 aromatic carbocycles. The molecular weight excluding hydrogens is 582 g/mol. The SMILES string of the molecule is CC(C)NC(=O)[C@H](Cc1ccccc1)N(Cc1ccc(Br)cc1)C(=O)CCN1C(=O)c2ccccc2S1(=O)=O. The molecule has 39 heavy (non-hydrogen) atoms. The second-order valence-corrected chi connectivity index (χ2v) is 12.4. The summed E-state index contributed by atoms with van der Waals surface area (Å²) < 4.78 is 27.7. The molecule has 0 fully saturated rings. The molecule has 1 atom stereocenters. The molecule has 10 heteroatoms. The fraction of sp³-hybridized carbons (Fsp3) is 0.276. The molecular formula is C29H30BrN3O5S. The molecule has 1 heterocycles. The topological polar surface area (TPSA) is 104 Å². The second-order valence-electron chi connectivity index (χ2n) is 9.65. The number of halogens is 1. The largest absolute Gasteiger partial charge is 0.352 e. The molecule has 204 valence electrons. The van der Waals surface area contributed by atoms with E-state index in [1.54, 1.807) is 12.1 Å². The van der Waals surface area contributed by atoms with Crippen LogP contribution in [0, 0.1) is 0 Å². The van der Waals surface area contributed by atoms with Crippen LogP contribution in [-0.4, -0.2) is 54.0 Å². The predicted octanol–water partition coefficient (Wildman–Crippen LogP) is 4.15. The van der Waals surface area contributed by atoms with Crippen LogP contribution in [0.3, 0.4) is 0 Å². The van der Waals surface area contributed by atoms with Crippen LogP contribution in [0.1, 0.15) is 41.8 Å². The normalized spacial score (nSPS) is 14.7. The number of benzene rings is 3. The number of carbonyl (C=O) groups excluding carboxylic acids is 3. The van der Waals surface area contributed by atoms with Crippen LogP contribution in [0.25, 0.3) is 0 Å². The Hall–Kier alpha value is -3.50. The first-order valence-electron chi connectivity index (χ1n) is 12.6. The van der Waals surface area contributed by atoms with E-state index in [1.807, 2.05) is 68.4 Å². The highest BCUT2D eigenvalue weighted by atomic mass is 79.9. The fourth-order valence-electron chi connectivity index (χ4n) is 4.51. The third-order valence-corrected chi connectivity index (χ3v) is 8.78. The summed E-state index contributed by atoms with van der Waals surface area (Å²) in [5.74, 6) is -1.40. The van der Waals surface area contributed by atoms with Gasteiger partial charge in [0.25, 0.3) is 15.9 Å². The van der Waals surface area contributed by atoms with Gasteiger partial charge in [0.05, 0.1) is 5.56 Å². The highest BCUT2D eigenvalue weighted by Gasteiger charge is 2.41. The number of sulfonamides is 1. The van der Waals surface area contributed by atoms with E-state index in [4.69, 9.17) is 0 Å². The molecule has 0 bridgehead atoms. The van der Waals surface area contributed by atoms with E-state index in [-0.39, 0.29) is 48.3 Å². The van der Waals surface area contributed by atoms with Crippen LogP contribution in [0.15, 0.2) is 88.2 Å². The number of hydrogen-bond acceptors (Lipinski definition) is 5. The lowest BCUT2D eigenvalue weighted by Crippen LogP contribution is -2.52. The molecule has 0 saturated heterocycles. The Morgan fingerprint density at radius 3 is 2.21 bits per heavy atom. The quantitative estimate of drug-likeness (QED) is 0.371. The molecule has 4 rings (SSSR count). The van der Waals surface area contributed by atoms with Crippen molar-refractivity contribution in [2.24, 2.45) is 0 Å². The van der Waals surface area contributed by atoms with Crippen molar-refractivity contribution in [2.45, 2.75) is 50.2 Å². The van der Waals surface area contributed by atoms with Gasteiger partial charge in [-0.2, -0.15) is 0 Å². The first-order chi connectivity index (χ1) is 18.6. The van der Waals surface area contributed by atoms with Crippen LogP contribution in [-0.2, 0) is 32.6 Å². The van der Waals surface area contributed by atoms with Gasteiger partial charge < -0.3 is 10.2 Å². The monoisotopic (exact) mass is 611 g/mol. The van der Waals surface area contributed by atoms with Crippen molar-refractivity contribution in [3.63, 3.8) is 0 Å². The number of amides is 3. The zero-order chi connectivity index (χ0) is 28.2. The lowest BCUT2D eigenvalue weighted by atomic mass is 10.0. The molecule has 3 amide bonds. The van der Waals surface area contributed by atoms with Gasteiger partial charge in [-0.25, -0.2) is 12.7 Å². The van der Waals surface area contributed by atoms with Gasteiger partial charge in [-0.05, 0) is 49.2 Å². The number of rotatable bonds is 10. The summed E-state index contributed by atoms with van der Waals surface area (Å²) in [4.78, 5) is 41.5. The number of carbonyl (C=O) groups is 3. The Labute approximate surface area is 237 Å². The predicted molar refractivity (Wildman–Crippen MR) is 151 cm³/mol. The molecule has 0 radical (unpaired) electrons. The Balaban J connectivity index is 1.63. The number of hydrogen-bond donors (Lipinski definition) is 1. The van der Waals surface area contributed by atoms with Crippen molar-refractivity contribution in [1.82, 2.24) is 14.5 Å². The Bertz CT molecular complexity index is 1460. The zero-order valence-corrected chi connectivity index (χ0v) is 24.1. The van der Waals surface area contributed by atoms with Gasteiger partial charge >= 0.3 is 0 Å². The molecule has 0 spiro atoms. The first kappa shape index (κ1) is 28.5. The Kier molecular flexibility index (Phi) is 8.87. The molecule has 0 saturated carbocycles. The van der Waals surface area contributed by atoms with E-state index < -0.39 is 27.9 Å². The van der Waals surface area contributed by atoms with Gasteiger partial charge in [-0.15, -0.1) is 0 Å². The van der Waals surface area contributed by atoms with Gasteiger partial charge in [-0.3, -0.25) is 14.4 Å². The van der Waals surface area contributed by atoms with Crippen LogP contribution < -0.4 is 5.32 Å².